The number of benzene rings is 1. The fraction of sp³-hybridized carbons (Fsp3) is 0.562. The van der Waals surface area contributed by atoms with Crippen molar-refractivity contribution >= 4 is 24.8 Å². The first-order chi connectivity index (χ1) is 10.3. The van der Waals surface area contributed by atoms with Crippen LogP contribution in [0.2, 0.25) is 0 Å². The van der Waals surface area contributed by atoms with Crippen molar-refractivity contribution in [1.29, 1.82) is 5.26 Å². The number of methoxy groups -OCH3 is 1. The van der Waals surface area contributed by atoms with E-state index in [0.29, 0.717) is 13.0 Å². The Bertz CT molecular complexity index is 503. The van der Waals surface area contributed by atoms with Gasteiger partial charge >= 0.3 is 0 Å². The van der Waals surface area contributed by atoms with Crippen LogP contribution in [-0.4, -0.2) is 44.8 Å². The molecule has 1 atom stereocenters. The second kappa shape index (κ2) is 11.4. The second-order valence-electron chi connectivity index (χ2n) is 5.01. The lowest BCUT2D eigenvalue weighted by Gasteiger charge is -2.34. The summed E-state index contributed by atoms with van der Waals surface area (Å²) in [4.78, 5) is 2.36. The summed E-state index contributed by atoms with van der Waals surface area (Å²) in [5.41, 5.74) is 1.11. The molecule has 0 saturated carbocycles. The number of ether oxygens (including phenoxy) is 2. The van der Waals surface area contributed by atoms with Gasteiger partial charge in [0.15, 0.2) is 11.5 Å². The van der Waals surface area contributed by atoms with E-state index in [2.05, 4.69) is 16.3 Å². The van der Waals surface area contributed by atoms with Gasteiger partial charge in [-0.1, -0.05) is 6.07 Å². The molecule has 0 unspecified atom stereocenters. The van der Waals surface area contributed by atoms with Crippen molar-refractivity contribution in [2.24, 2.45) is 0 Å². The Hall–Kier alpha value is -1.19. The number of hydrogen-bond acceptors (Lipinski definition) is 5. The fourth-order valence-corrected chi connectivity index (χ4v) is 2.71. The van der Waals surface area contributed by atoms with Crippen LogP contribution in [0.25, 0.3) is 0 Å². The van der Waals surface area contributed by atoms with Crippen LogP contribution in [0, 0.1) is 11.3 Å². The molecule has 1 heterocycles. The molecule has 1 N–H and O–H groups in total. The molecule has 1 aliphatic heterocycles. The summed E-state index contributed by atoms with van der Waals surface area (Å²) in [6, 6.07) is 8.39. The topological polar surface area (TPSA) is 57.5 Å². The van der Waals surface area contributed by atoms with Crippen molar-refractivity contribution in [3.63, 3.8) is 0 Å². The SMILES string of the molecule is CCOc1cc([C@H](CC#N)N2CCNCC2)ccc1OC.Cl.Cl. The van der Waals surface area contributed by atoms with Gasteiger partial charge in [0.25, 0.3) is 0 Å². The standard InChI is InChI=1S/C16H23N3O2.2ClH/c1-3-21-16-12-13(4-5-15(16)20-2)14(6-7-17)19-10-8-18-9-11-19;;/h4-5,12,14,18H,3,6,8-11H2,1-2H3;2*1H/t14-;;/m0../s1. The second-order valence-corrected chi connectivity index (χ2v) is 5.01. The van der Waals surface area contributed by atoms with Gasteiger partial charge in [0.05, 0.1) is 26.2 Å². The van der Waals surface area contributed by atoms with E-state index in [1.807, 2.05) is 25.1 Å². The van der Waals surface area contributed by atoms with E-state index in [9.17, 15) is 0 Å². The van der Waals surface area contributed by atoms with Gasteiger partial charge in [-0.15, -0.1) is 24.8 Å². The van der Waals surface area contributed by atoms with E-state index in [-0.39, 0.29) is 30.9 Å². The van der Waals surface area contributed by atoms with Crippen LogP contribution in [-0.2, 0) is 0 Å². The van der Waals surface area contributed by atoms with Crippen LogP contribution in [0.1, 0.15) is 24.9 Å². The van der Waals surface area contributed by atoms with Crippen molar-refractivity contribution in [2.75, 3.05) is 39.9 Å². The predicted molar refractivity (Wildman–Crippen MR) is 96.1 cm³/mol. The van der Waals surface area contributed by atoms with Gasteiger partial charge in [-0.2, -0.15) is 5.26 Å². The zero-order valence-electron chi connectivity index (χ0n) is 13.6. The largest absolute Gasteiger partial charge is 0.493 e. The van der Waals surface area contributed by atoms with Crippen LogP contribution in [0.15, 0.2) is 18.2 Å². The highest BCUT2D eigenvalue weighted by atomic mass is 35.5. The van der Waals surface area contributed by atoms with Crippen molar-refractivity contribution < 1.29 is 9.47 Å². The highest BCUT2D eigenvalue weighted by Gasteiger charge is 2.23. The van der Waals surface area contributed by atoms with Crippen LogP contribution < -0.4 is 14.8 Å². The van der Waals surface area contributed by atoms with Gasteiger partial charge in [-0.05, 0) is 24.6 Å². The Morgan fingerprint density at radius 1 is 1.26 bits per heavy atom. The van der Waals surface area contributed by atoms with Crippen molar-refractivity contribution in [1.82, 2.24) is 10.2 Å². The molecule has 23 heavy (non-hydrogen) atoms. The number of halogens is 2. The third-order valence-corrected chi connectivity index (χ3v) is 3.75. The van der Waals surface area contributed by atoms with Crippen LogP contribution in [0.4, 0.5) is 0 Å². The van der Waals surface area contributed by atoms with E-state index < -0.39 is 0 Å². The van der Waals surface area contributed by atoms with Crippen molar-refractivity contribution in [2.45, 2.75) is 19.4 Å². The molecule has 7 heteroatoms. The smallest absolute Gasteiger partial charge is 0.161 e. The minimum Gasteiger partial charge on any atom is -0.493 e. The number of piperazine rings is 1. The number of nitrogens with one attached hydrogen (secondary N) is 1. The molecule has 130 valence electrons. The number of nitrogens with zero attached hydrogens (tertiary/aromatic N) is 2. The summed E-state index contributed by atoms with van der Waals surface area (Å²) in [6.45, 7) is 6.41. The van der Waals surface area contributed by atoms with E-state index in [0.717, 1.165) is 43.2 Å². The first-order valence-electron chi connectivity index (χ1n) is 7.42. The number of nitriles is 1. The van der Waals surface area contributed by atoms with Gasteiger partial charge in [-0.3, -0.25) is 4.90 Å². The molecule has 1 aromatic carbocycles. The summed E-state index contributed by atoms with van der Waals surface area (Å²) in [5.74, 6) is 1.48. The Morgan fingerprint density at radius 2 is 1.96 bits per heavy atom. The lowest BCUT2D eigenvalue weighted by atomic mass is 10.0. The minimum absolute atomic E-state index is 0. The summed E-state index contributed by atoms with van der Waals surface area (Å²) in [7, 11) is 1.64. The van der Waals surface area contributed by atoms with Crippen LogP contribution in [0.3, 0.4) is 0 Å². The summed E-state index contributed by atoms with van der Waals surface area (Å²) >= 11 is 0. The molecule has 0 amide bonds. The van der Waals surface area contributed by atoms with Gasteiger partial charge in [0.2, 0.25) is 0 Å². The molecule has 0 bridgehead atoms. The zero-order chi connectivity index (χ0) is 15.1. The lowest BCUT2D eigenvalue weighted by molar-refractivity contribution is 0.175. The van der Waals surface area contributed by atoms with E-state index >= 15 is 0 Å². The van der Waals surface area contributed by atoms with E-state index in [1.165, 1.54) is 0 Å². The van der Waals surface area contributed by atoms with Gasteiger partial charge in [0.1, 0.15) is 0 Å². The Labute approximate surface area is 150 Å². The highest BCUT2D eigenvalue weighted by molar-refractivity contribution is 5.85. The summed E-state index contributed by atoms with van der Waals surface area (Å²) in [5, 5.41) is 12.5. The molecule has 5 nitrogen and oxygen atoms in total. The first-order valence-corrected chi connectivity index (χ1v) is 7.42. The van der Waals surface area contributed by atoms with Crippen LogP contribution in [0.5, 0.6) is 11.5 Å². The Balaban J connectivity index is 0.00000242. The molecule has 1 fully saturated rings. The number of hydrogen-bond donors (Lipinski definition) is 1. The van der Waals surface area contributed by atoms with E-state index in [4.69, 9.17) is 14.7 Å². The molecular formula is C16H25Cl2N3O2. The summed E-state index contributed by atoms with van der Waals surface area (Å²) < 4.78 is 11.0. The molecule has 0 aliphatic carbocycles. The van der Waals surface area contributed by atoms with Crippen LogP contribution >= 0.6 is 24.8 Å². The third-order valence-electron chi connectivity index (χ3n) is 3.75. The number of rotatable bonds is 6. The molecular weight excluding hydrogens is 337 g/mol. The molecule has 1 saturated heterocycles. The lowest BCUT2D eigenvalue weighted by Crippen LogP contribution is -2.45. The molecule has 1 aliphatic rings. The maximum Gasteiger partial charge on any atom is 0.161 e. The predicted octanol–water partition coefficient (Wildman–Crippen LogP) is 2.80. The summed E-state index contributed by atoms with van der Waals surface area (Å²) in [6.07, 6.45) is 0.484. The normalized spacial score (nSPS) is 15.5. The minimum atomic E-state index is 0. The maximum atomic E-state index is 9.15. The average Bonchev–Trinajstić information content (AvgIpc) is 2.54. The third kappa shape index (κ3) is 5.74. The molecule has 1 aromatic rings. The fourth-order valence-electron chi connectivity index (χ4n) is 2.71. The molecule has 2 rings (SSSR count). The first kappa shape index (κ1) is 21.8. The monoisotopic (exact) mass is 361 g/mol. The van der Waals surface area contributed by atoms with Gasteiger partial charge < -0.3 is 14.8 Å². The molecule has 0 spiro atoms. The molecule has 0 radical (unpaired) electrons. The average molecular weight is 362 g/mol. The van der Waals surface area contributed by atoms with Crippen molar-refractivity contribution in [3.05, 3.63) is 23.8 Å². The van der Waals surface area contributed by atoms with E-state index in [1.54, 1.807) is 7.11 Å². The maximum absolute atomic E-state index is 9.15. The van der Waals surface area contributed by atoms with Gasteiger partial charge in [-0.25, -0.2) is 0 Å². The van der Waals surface area contributed by atoms with Crippen molar-refractivity contribution in [3.8, 4) is 17.6 Å². The highest BCUT2D eigenvalue weighted by Crippen LogP contribution is 2.33. The Morgan fingerprint density at radius 3 is 2.52 bits per heavy atom. The van der Waals surface area contributed by atoms with Gasteiger partial charge in [0, 0.05) is 32.2 Å². The Kier molecular flexibility index (Phi) is 10.8. The zero-order valence-corrected chi connectivity index (χ0v) is 15.2. The molecule has 0 aromatic heterocycles. The quantitative estimate of drug-likeness (QED) is 0.843.